The number of hydrogen-bond acceptors (Lipinski definition) is 3. The highest BCUT2D eigenvalue weighted by molar-refractivity contribution is 6.43. The van der Waals surface area contributed by atoms with Crippen molar-refractivity contribution in [3.63, 3.8) is 0 Å². The molecule has 0 atom stereocenters. The smallest absolute Gasteiger partial charge is 0.427 e. The quantitative estimate of drug-likeness (QED) is 0.645. The number of hydrogen-bond donors (Lipinski definition) is 1. The van der Waals surface area contributed by atoms with Gasteiger partial charge in [-0.25, -0.2) is 10.2 Å². The summed E-state index contributed by atoms with van der Waals surface area (Å²) in [6, 6.07) is 5.11. The Hall–Kier alpha value is -1.26. The van der Waals surface area contributed by atoms with E-state index in [1.165, 1.54) is 13.3 Å². The zero-order valence-corrected chi connectivity index (χ0v) is 9.34. The van der Waals surface area contributed by atoms with Crippen LogP contribution in [0, 0.1) is 0 Å². The van der Waals surface area contributed by atoms with E-state index < -0.39 is 6.09 Å². The van der Waals surface area contributed by atoms with Gasteiger partial charge in [0.05, 0.1) is 23.4 Å². The third-order valence-electron chi connectivity index (χ3n) is 1.53. The first-order chi connectivity index (χ1) is 7.15. The second kappa shape index (κ2) is 5.58. The summed E-state index contributed by atoms with van der Waals surface area (Å²) in [5.41, 5.74) is 2.75. The summed E-state index contributed by atoms with van der Waals surface area (Å²) in [4.78, 5) is 10.6. The Morgan fingerprint density at radius 1 is 1.53 bits per heavy atom. The fourth-order valence-electron chi connectivity index (χ4n) is 0.820. The van der Waals surface area contributed by atoms with E-state index >= 15 is 0 Å². The lowest BCUT2D eigenvalue weighted by Crippen LogP contribution is -2.16. The molecule has 0 aliphatic carbocycles. The van der Waals surface area contributed by atoms with Crippen LogP contribution in [0.1, 0.15) is 5.56 Å². The first kappa shape index (κ1) is 11.8. The third kappa shape index (κ3) is 3.42. The number of carbonyl (C=O) groups excluding carboxylic acids is 1. The minimum Gasteiger partial charge on any atom is -0.452 e. The largest absolute Gasteiger partial charge is 0.452 e. The van der Waals surface area contributed by atoms with Crippen LogP contribution in [-0.4, -0.2) is 19.4 Å². The van der Waals surface area contributed by atoms with Gasteiger partial charge in [0.15, 0.2) is 0 Å². The summed E-state index contributed by atoms with van der Waals surface area (Å²) in [5.74, 6) is 0. The van der Waals surface area contributed by atoms with Gasteiger partial charge in [0.2, 0.25) is 0 Å². The van der Waals surface area contributed by atoms with Crippen molar-refractivity contribution in [3.8, 4) is 0 Å². The van der Waals surface area contributed by atoms with E-state index in [2.05, 4.69) is 15.3 Å². The van der Waals surface area contributed by atoms with Crippen LogP contribution >= 0.6 is 23.2 Å². The Labute approximate surface area is 96.8 Å². The van der Waals surface area contributed by atoms with Crippen LogP contribution < -0.4 is 5.43 Å². The number of benzene rings is 1. The van der Waals surface area contributed by atoms with Crippen LogP contribution in [0.3, 0.4) is 0 Å². The number of ether oxygens (including phenoxy) is 1. The maximum Gasteiger partial charge on any atom is 0.427 e. The number of methoxy groups -OCH3 is 1. The Kier molecular flexibility index (Phi) is 4.39. The van der Waals surface area contributed by atoms with E-state index in [-0.39, 0.29) is 0 Å². The second-order valence-corrected chi connectivity index (χ2v) is 3.29. The number of amides is 1. The van der Waals surface area contributed by atoms with Crippen molar-refractivity contribution in [2.24, 2.45) is 5.10 Å². The van der Waals surface area contributed by atoms with Gasteiger partial charge in [-0.1, -0.05) is 35.3 Å². The normalized spacial score (nSPS) is 10.3. The van der Waals surface area contributed by atoms with Crippen molar-refractivity contribution in [3.05, 3.63) is 33.8 Å². The molecule has 1 aromatic carbocycles. The number of nitrogens with zero attached hydrogens (tertiary/aromatic N) is 1. The van der Waals surface area contributed by atoms with Crippen molar-refractivity contribution < 1.29 is 9.53 Å². The van der Waals surface area contributed by atoms with Crippen molar-refractivity contribution in [2.75, 3.05) is 7.11 Å². The molecular formula is C9H8Cl2N2O2. The highest BCUT2D eigenvalue weighted by Gasteiger charge is 2.01. The molecule has 0 aliphatic heterocycles. The van der Waals surface area contributed by atoms with Crippen molar-refractivity contribution in [1.82, 2.24) is 5.43 Å². The zero-order valence-electron chi connectivity index (χ0n) is 7.83. The first-order valence-corrected chi connectivity index (χ1v) is 4.71. The fraction of sp³-hybridized carbons (Fsp3) is 0.111. The average Bonchev–Trinajstić information content (AvgIpc) is 2.24. The van der Waals surface area contributed by atoms with E-state index in [0.29, 0.717) is 15.6 Å². The summed E-state index contributed by atoms with van der Waals surface area (Å²) in [6.45, 7) is 0. The van der Waals surface area contributed by atoms with E-state index in [4.69, 9.17) is 23.2 Å². The van der Waals surface area contributed by atoms with Gasteiger partial charge in [-0.2, -0.15) is 5.10 Å². The van der Waals surface area contributed by atoms with Gasteiger partial charge in [0, 0.05) is 5.56 Å². The predicted molar refractivity (Wildman–Crippen MR) is 59.6 cm³/mol. The first-order valence-electron chi connectivity index (χ1n) is 3.96. The molecule has 6 heteroatoms. The van der Waals surface area contributed by atoms with Crippen molar-refractivity contribution in [1.29, 1.82) is 0 Å². The molecule has 0 aliphatic rings. The van der Waals surface area contributed by atoms with E-state index in [1.54, 1.807) is 18.2 Å². The van der Waals surface area contributed by atoms with E-state index in [9.17, 15) is 4.79 Å². The van der Waals surface area contributed by atoms with Gasteiger partial charge in [-0.3, -0.25) is 0 Å². The summed E-state index contributed by atoms with van der Waals surface area (Å²) < 4.78 is 4.32. The highest BCUT2D eigenvalue weighted by atomic mass is 35.5. The highest BCUT2D eigenvalue weighted by Crippen LogP contribution is 2.23. The van der Waals surface area contributed by atoms with Crippen LogP contribution in [0.15, 0.2) is 23.3 Å². The average molecular weight is 247 g/mol. The number of nitrogens with one attached hydrogen (secondary N) is 1. The predicted octanol–water partition coefficient (Wildman–Crippen LogP) is 2.68. The molecule has 0 fully saturated rings. The molecule has 0 unspecified atom stereocenters. The minimum atomic E-state index is -0.649. The lowest BCUT2D eigenvalue weighted by molar-refractivity contribution is 0.171. The molecule has 1 aromatic rings. The molecule has 0 saturated heterocycles. The second-order valence-electron chi connectivity index (χ2n) is 2.50. The van der Waals surface area contributed by atoms with E-state index in [1.807, 2.05) is 0 Å². The monoisotopic (exact) mass is 246 g/mol. The minimum absolute atomic E-state index is 0.384. The Bertz CT molecular complexity index is 394. The van der Waals surface area contributed by atoms with Crippen LogP contribution in [0.2, 0.25) is 10.0 Å². The van der Waals surface area contributed by atoms with E-state index in [0.717, 1.165) is 0 Å². The van der Waals surface area contributed by atoms with Gasteiger partial charge in [-0.05, 0) is 6.07 Å². The number of rotatable bonds is 2. The topological polar surface area (TPSA) is 50.7 Å². The summed E-state index contributed by atoms with van der Waals surface area (Å²) >= 11 is 11.7. The standard InChI is InChI=1S/C9H8Cl2N2O2/c1-15-9(14)13-12-5-6-3-2-4-7(10)8(6)11/h2-5H,1H3,(H,13,14)/b12-5+. The maximum atomic E-state index is 10.6. The Balaban J connectivity index is 2.72. The molecule has 0 heterocycles. The number of carbonyl (C=O) groups is 1. The molecule has 4 nitrogen and oxygen atoms in total. The Morgan fingerprint density at radius 2 is 2.27 bits per heavy atom. The Morgan fingerprint density at radius 3 is 2.93 bits per heavy atom. The van der Waals surface area contributed by atoms with Gasteiger partial charge in [0.25, 0.3) is 0 Å². The summed E-state index contributed by atoms with van der Waals surface area (Å²) in [7, 11) is 1.25. The third-order valence-corrected chi connectivity index (χ3v) is 2.36. The summed E-state index contributed by atoms with van der Waals surface area (Å²) in [6.07, 6.45) is 0.731. The van der Waals surface area contributed by atoms with Gasteiger partial charge in [-0.15, -0.1) is 0 Å². The number of hydrazone groups is 1. The molecular weight excluding hydrogens is 239 g/mol. The molecule has 1 amide bonds. The number of halogens is 2. The molecule has 80 valence electrons. The summed E-state index contributed by atoms with van der Waals surface area (Å²) in [5, 5.41) is 4.43. The fourth-order valence-corrected chi connectivity index (χ4v) is 1.18. The molecule has 0 saturated carbocycles. The molecule has 1 rings (SSSR count). The van der Waals surface area contributed by atoms with Crippen LogP contribution in [0.4, 0.5) is 4.79 Å². The zero-order chi connectivity index (χ0) is 11.3. The van der Waals surface area contributed by atoms with Gasteiger partial charge >= 0.3 is 6.09 Å². The molecule has 15 heavy (non-hydrogen) atoms. The maximum absolute atomic E-state index is 10.6. The van der Waals surface area contributed by atoms with Crippen LogP contribution in [0.5, 0.6) is 0 Å². The lowest BCUT2D eigenvalue weighted by Gasteiger charge is -1.99. The van der Waals surface area contributed by atoms with Gasteiger partial charge < -0.3 is 4.74 Å². The molecule has 0 bridgehead atoms. The molecule has 0 spiro atoms. The molecule has 0 radical (unpaired) electrons. The van der Waals surface area contributed by atoms with Crippen LogP contribution in [0.25, 0.3) is 0 Å². The van der Waals surface area contributed by atoms with Crippen molar-refractivity contribution >= 4 is 35.5 Å². The molecule has 0 aromatic heterocycles. The van der Waals surface area contributed by atoms with Gasteiger partial charge in [0.1, 0.15) is 0 Å². The van der Waals surface area contributed by atoms with Crippen molar-refractivity contribution in [2.45, 2.75) is 0 Å². The molecule has 1 N–H and O–H groups in total. The van der Waals surface area contributed by atoms with Crippen LogP contribution in [-0.2, 0) is 4.74 Å². The SMILES string of the molecule is COC(=O)N/N=C/c1cccc(Cl)c1Cl. The lowest BCUT2D eigenvalue weighted by atomic mass is 10.2.